The number of hydrogen-bond acceptors (Lipinski definition) is 4. The van der Waals surface area contributed by atoms with Crippen LogP contribution in [0.25, 0.3) is 0 Å². The Morgan fingerprint density at radius 1 is 1.10 bits per heavy atom. The Hall–Kier alpha value is -1.39. The number of nitrogens with zero attached hydrogens (tertiary/aromatic N) is 2. The molecule has 0 amide bonds. The van der Waals surface area contributed by atoms with Crippen molar-refractivity contribution in [1.29, 1.82) is 0 Å². The zero-order chi connectivity index (χ0) is 15.5. The molecule has 0 aliphatic carbocycles. The molecule has 1 saturated heterocycles. The number of rotatable bonds is 3. The van der Waals surface area contributed by atoms with Crippen molar-refractivity contribution in [3.8, 4) is 0 Å². The topological polar surface area (TPSA) is 32.8 Å². The van der Waals surface area contributed by atoms with Crippen LogP contribution in [0.4, 0.5) is 0 Å². The Bertz CT molecular complexity index is 469. The lowest BCUT2D eigenvalue weighted by Gasteiger charge is -2.42. The van der Waals surface area contributed by atoms with Gasteiger partial charge >= 0.3 is 5.97 Å². The van der Waals surface area contributed by atoms with Crippen LogP contribution < -0.4 is 0 Å². The molecule has 0 aromatic heterocycles. The lowest BCUT2D eigenvalue weighted by molar-refractivity contribution is 0.0591. The van der Waals surface area contributed by atoms with Gasteiger partial charge in [0, 0.05) is 38.3 Å². The second kappa shape index (κ2) is 6.58. The highest BCUT2D eigenvalue weighted by Crippen LogP contribution is 2.17. The predicted octanol–water partition coefficient (Wildman–Crippen LogP) is 2.39. The summed E-state index contributed by atoms with van der Waals surface area (Å²) < 4.78 is 4.71. The molecule has 2 rings (SSSR count). The van der Waals surface area contributed by atoms with Gasteiger partial charge in [-0.15, -0.1) is 0 Å². The van der Waals surface area contributed by atoms with Crippen molar-refractivity contribution in [1.82, 2.24) is 9.80 Å². The molecule has 1 aromatic carbocycles. The van der Waals surface area contributed by atoms with Crippen molar-refractivity contribution in [3.05, 3.63) is 35.4 Å². The van der Waals surface area contributed by atoms with E-state index < -0.39 is 0 Å². The SMILES string of the molecule is COC(=O)c1ccc(CN2CCN(C(C)(C)C)CC2)cc1. The third-order valence-corrected chi connectivity index (χ3v) is 4.10. The van der Waals surface area contributed by atoms with Gasteiger partial charge in [0.15, 0.2) is 0 Å². The van der Waals surface area contributed by atoms with Crippen molar-refractivity contribution in [2.45, 2.75) is 32.9 Å². The summed E-state index contributed by atoms with van der Waals surface area (Å²) in [4.78, 5) is 16.4. The molecule has 0 atom stereocenters. The van der Waals surface area contributed by atoms with Gasteiger partial charge in [-0.25, -0.2) is 4.79 Å². The number of ether oxygens (including phenoxy) is 1. The van der Waals surface area contributed by atoms with Gasteiger partial charge < -0.3 is 4.74 Å². The number of methoxy groups -OCH3 is 1. The first kappa shape index (κ1) is 16.0. The normalized spacial score (nSPS) is 17.7. The zero-order valence-corrected chi connectivity index (χ0v) is 13.6. The smallest absolute Gasteiger partial charge is 0.337 e. The first-order valence-corrected chi connectivity index (χ1v) is 7.55. The standard InChI is InChI=1S/C17H26N2O2/c1-17(2,3)19-11-9-18(10-12-19)13-14-5-7-15(8-6-14)16(20)21-4/h5-8H,9-13H2,1-4H3. The van der Waals surface area contributed by atoms with Gasteiger partial charge in [0.2, 0.25) is 0 Å². The Morgan fingerprint density at radius 2 is 1.67 bits per heavy atom. The van der Waals surface area contributed by atoms with Gasteiger partial charge in [0.1, 0.15) is 0 Å². The summed E-state index contributed by atoms with van der Waals surface area (Å²) in [6.45, 7) is 12.2. The number of carbonyl (C=O) groups excluding carboxylic acids is 1. The number of piperazine rings is 1. The Balaban J connectivity index is 1.88. The van der Waals surface area contributed by atoms with Crippen molar-refractivity contribution < 1.29 is 9.53 Å². The van der Waals surface area contributed by atoms with Crippen molar-refractivity contribution in [2.75, 3.05) is 33.3 Å². The van der Waals surface area contributed by atoms with Crippen molar-refractivity contribution in [2.24, 2.45) is 0 Å². The van der Waals surface area contributed by atoms with E-state index >= 15 is 0 Å². The molecular formula is C17H26N2O2. The fourth-order valence-corrected chi connectivity index (χ4v) is 2.70. The summed E-state index contributed by atoms with van der Waals surface area (Å²) in [7, 11) is 1.41. The fraction of sp³-hybridized carbons (Fsp3) is 0.588. The minimum absolute atomic E-state index is 0.258. The summed E-state index contributed by atoms with van der Waals surface area (Å²) in [5.41, 5.74) is 2.11. The van der Waals surface area contributed by atoms with Gasteiger partial charge in [-0.2, -0.15) is 0 Å². The summed E-state index contributed by atoms with van der Waals surface area (Å²) in [6, 6.07) is 7.71. The van der Waals surface area contributed by atoms with Gasteiger partial charge in [-0.1, -0.05) is 12.1 Å². The lowest BCUT2D eigenvalue weighted by Crippen LogP contribution is -2.53. The Kier molecular flexibility index (Phi) is 5.01. The first-order valence-electron chi connectivity index (χ1n) is 7.55. The largest absolute Gasteiger partial charge is 0.465 e. The maximum atomic E-state index is 11.4. The number of carbonyl (C=O) groups is 1. The number of hydrogen-bond donors (Lipinski definition) is 0. The summed E-state index contributed by atoms with van der Waals surface area (Å²) in [5.74, 6) is -0.277. The van der Waals surface area contributed by atoms with Crippen LogP contribution in [0.5, 0.6) is 0 Å². The van der Waals surface area contributed by atoms with Gasteiger partial charge in [0.05, 0.1) is 12.7 Å². The highest BCUT2D eigenvalue weighted by atomic mass is 16.5. The van der Waals surface area contributed by atoms with E-state index in [0.29, 0.717) is 5.56 Å². The number of esters is 1. The van der Waals surface area contributed by atoms with Crippen LogP contribution in [0.2, 0.25) is 0 Å². The second-order valence-corrected chi connectivity index (χ2v) is 6.62. The predicted molar refractivity (Wildman–Crippen MR) is 84.4 cm³/mol. The van der Waals surface area contributed by atoms with E-state index in [1.165, 1.54) is 12.7 Å². The maximum absolute atomic E-state index is 11.4. The highest BCUT2D eigenvalue weighted by molar-refractivity contribution is 5.89. The molecule has 4 heteroatoms. The minimum Gasteiger partial charge on any atom is -0.465 e. The number of benzene rings is 1. The monoisotopic (exact) mass is 290 g/mol. The van der Waals surface area contributed by atoms with Gasteiger partial charge in [0.25, 0.3) is 0 Å². The highest BCUT2D eigenvalue weighted by Gasteiger charge is 2.25. The van der Waals surface area contributed by atoms with Crippen molar-refractivity contribution >= 4 is 5.97 Å². The Morgan fingerprint density at radius 3 is 2.14 bits per heavy atom. The van der Waals surface area contributed by atoms with Crippen LogP contribution in [0.3, 0.4) is 0 Å². The van der Waals surface area contributed by atoms with E-state index in [0.717, 1.165) is 32.7 Å². The molecule has 1 fully saturated rings. The quantitative estimate of drug-likeness (QED) is 0.800. The summed E-state index contributed by atoms with van der Waals surface area (Å²) >= 11 is 0. The third-order valence-electron chi connectivity index (χ3n) is 4.10. The van der Waals surface area contributed by atoms with E-state index in [2.05, 4.69) is 30.6 Å². The summed E-state index contributed by atoms with van der Waals surface area (Å²) in [5, 5.41) is 0. The van der Waals surface area contributed by atoms with E-state index in [9.17, 15) is 4.79 Å². The van der Waals surface area contributed by atoms with Gasteiger partial charge in [-0.05, 0) is 38.5 Å². The van der Waals surface area contributed by atoms with Crippen LogP contribution in [0.15, 0.2) is 24.3 Å². The molecule has 0 radical (unpaired) electrons. The van der Waals surface area contributed by atoms with Crippen LogP contribution in [-0.4, -0.2) is 54.6 Å². The van der Waals surface area contributed by atoms with Crippen LogP contribution in [0.1, 0.15) is 36.7 Å². The molecule has 116 valence electrons. The fourth-order valence-electron chi connectivity index (χ4n) is 2.70. The molecule has 0 bridgehead atoms. The average molecular weight is 290 g/mol. The molecule has 1 heterocycles. The second-order valence-electron chi connectivity index (χ2n) is 6.62. The van der Waals surface area contributed by atoms with E-state index in [1.807, 2.05) is 24.3 Å². The molecule has 0 unspecified atom stereocenters. The van der Waals surface area contributed by atoms with Crippen LogP contribution in [-0.2, 0) is 11.3 Å². The van der Waals surface area contributed by atoms with Crippen LogP contribution in [0, 0.1) is 0 Å². The minimum atomic E-state index is -0.277. The summed E-state index contributed by atoms with van der Waals surface area (Å²) in [6.07, 6.45) is 0. The lowest BCUT2D eigenvalue weighted by atomic mass is 10.0. The molecule has 0 spiro atoms. The van der Waals surface area contributed by atoms with E-state index in [-0.39, 0.29) is 11.5 Å². The molecule has 1 aromatic rings. The average Bonchev–Trinajstić information content (AvgIpc) is 2.47. The van der Waals surface area contributed by atoms with Crippen molar-refractivity contribution in [3.63, 3.8) is 0 Å². The molecule has 1 aliphatic heterocycles. The molecule has 4 nitrogen and oxygen atoms in total. The molecule has 1 aliphatic rings. The third kappa shape index (κ3) is 4.29. The van der Waals surface area contributed by atoms with Crippen LogP contribution >= 0.6 is 0 Å². The molecule has 21 heavy (non-hydrogen) atoms. The van der Waals surface area contributed by atoms with E-state index in [4.69, 9.17) is 4.74 Å². The van der Waals surface area contributed by atoms with E-state index in [1.54, 1.807) is 0 Å². The maximum Gasteiger partial charge on any atom is 0.337 e. The Labute approximate surface area is 127 Å². The molecule has 0 N–H and O–H groups in total. The molecular weight excluding hydrogens is 264 g/mol. The first-order chi connectivity index (χ1) is 9.90. The zero-order valence-electron chi connectivity index (χ0n) is 13.6. The molecule has 0 saturated carbocycles. The van der Waals surface area contributed by atoms with Gasteiger partial charge in [-0.3, -0.25) is 9.80 Å².